The third-order valence-electron chi connectivity index (χ3n) is 2.92. The van der Waals surface area contributed by atoms with Crippen LogP contribution in [0.2, 0.25) is 5.02 Å². The van der Waals surface area contributed by atoms with Crippen molar-refractivity contribution in [2.24, 2.45) is 0 Å². The standard InChI is InChI=1S/C14H8Cl4N2/c15-11-5-6-13-19-12(8-20(13)7-11)9-1-3-10(4-2-9)14(16,17)18/h1-8H. The molecular weight excluding hydrogens is 338 g/mol. The Kier molecular flexibility index (Phi) is 3.59. The van der Waals surface area contributed by atoms with Crippen molar-refractivity contribution in [2.45, 2.75) is 3.79 Å². The highest BCUT2D eigenvalue weighted by Gasteiger charge is 2.22. The fraction of sp³-hybridized carbons (Fsp3) is 0.0714. The normalized spacial score (nSPS) is 12.0. The molecule has 0 bridgehead atoms. The van der Waals surface area contributed by atoms with E-state index in [1.54, 1.807) is 18.2 Å². The molecule has 0 N–H and O–H groups in total. The molecule has 6 heteroatoms. The molecule has 0 saturated heterocycles. The molecule has 0 aliphatic heterocycles. The maximum Gasteiger partial charge on any atom is 0.216 e. The van der Waals surface area contributed by atoms with E-state index in [0.717, 1.165) is 16.9 Å². The number of benzene rings is 1. The second-order valence-electron chi connectivity index (χ2n) is 4.31. The van der Waals surface area contributed by atoms with Gasteiger partial charge in [-0.3, -0.25) is 0 Å². The van der Waals surface area contributed by atoms with Gasteiger partial charge in [0.2, 0.25) is 3.79 Å². The summed E-state index contributed by atoms with van der Waals surface area (Å²) in [7, 11) is 0. The summed E-state index contributed by atoms with van der Waals surface area (Å²) in [6, 6.07) is 11.0. The van der Waals surface area contributed by atoms with Crippen LogP contribution in [-0.2, 0) is 3.79 Å². The van der Waals surface area contributed by atoms with Gasteiger partial charge in [0, 0.05) is 23.5 Å². The van der Waals surface area contributed by atoms with E-state index in [9.17, 15) is 0 Å². The molecule has 0 amide bonds. The van der Waals surface area contributed by atoms with E-state index < -0.39 is 3.79 Å². The molecule has 0 aliphatic rings. The van der Waals surface area contributed by atoms with Gasteiger partial charge in [-0.1, -0.05) is 70.7 Å². The lowest BCUT2D eigenvalue weighted by atomic mass is 10.1. The average Bonchev–Trinajstić information content (AvgIpc) is 2.80. The Balaban J connectivity index is 2.02. The van der Waals surface area contributed by atoms with Crippen molar-refractivity contribution < 1.29 is 0 Å². The van der Waals surface area contributed by atoms with E-state index in [4.69, 9.17) is 46.4 Å². The van der Waals surface area contributed by atoms with Crippen LogP contribution in [0.15, 0.2) is 48.8 Å². The number of aromatic nitrogens is 2. The highest BCUT2D eigenvalue weighted by atomic mass is 35.6. The van der Waals surface area contributed by atoms with E-state index in [1.165, 1.54) is 0 Å². The van der Waals surface area contributed by atoms with Crippen LogP contribution in [0.4, 0.5) is 0 Å². The number of alkyl halides is 3. The topological polar surface area (TPSA) is 17.3 Å². The van der Waals surface area contributed by atoms with E-state index in [-0.39, 0.29) is 0 Å². The van der Waals surface area contributed by atoms with Crippen LogP contribution in [-0.4, -0.2) is 9.38 Å². The first-order chi connectivity index (χ1) is 9.43. The van der Waals surface area contributed by atoms with Crippen molar-refractivity contribution in [3.63, 3.8) is 0 Å². The van der Waals surface area contributed by atoms with Crippen molar-refractivity contribution in [1.29, 1.82) is 0 Å². The molecular formula is C14H8Cl4N2. The minimum absolute atomic E-state index is 0.623. The number of fused-ring (bicyclic) bond motifs is 1. The van der Waals surface area contributed by atoms with E-state index in [2.05, 4.69) is 4.98 Å². The Labute approximate surface area is 135 Å². The van der Waals surface area contributed by atoms with Gasteiger partial charge in [-0.2, -0.15) is 0 Å². The summed E-state index contributed by atoms with van der Waals surface area (Å²) in [6.07, 6.45) is 3.72. The first-order valence-electron chi connectivity index (χ1n) is 5.75. The third kappa shape index (κ3) is 2.75. The van der Waals surface area contributed by atoms with Gasteiger partial charge in [0.15, 0.2) is 0 Å². The van der Waals surface area contributed by atoms with E-state index in [1.807, 2.05) is 35.0 Å². The average molecular weight is 346 g/mol. The predicted octanol–water partition coefficient (Wildman–Crippen LogP) is 5.48. The minimum Gasteiger partial charge on any atom is -0.305 e. The van der Waals surface area contributed by atoms with Gasteiger partial charge in [-0.05, 0) is 12.1 Å². The van der Waals surface area contributed by atoms with Crippen LogP contribution < -0.4 is 0 Å². The first kappa shape index (κ1) is 14.0. The number of halogens is 4. The van der Waals surface area contributed by atoms with Crippen LogP contribution in [0.1, 0.15) is 5.56 Å². The summed E-state index contributed by atoms with van der Waals surface area (Å²) in [5.41, 5.74) is 3.24. The molecule has 2 aromatic heterocycles. The largest absolute Gasteiger partial charge is 0.305 e. The zero-order valence-corrected chi connectivity index (χ0v) is 13.0. The molecule has 0 spiro atoms. The fourth-order valence-electron chi connectivity index (χ4n) is 1.93. The second kappa shape index (κ2) is 5.12. The fourth-order valence-corrected chi connectivity index (χ4v) is 2.48. The molecule has 0 radical (unpaired) electrons. The van der Waals surface area contributed by atoms with Crippen molar-refractivity contribution in [2.75, 3.05) is 0 Å². The lowest BCUT2D eigenvalue weighted by Crippen LogP contribution is -1.98. The molecule has 0 saturated carbocycles. The lowest BCUT2D eigenvalue weighted by Gasteiger charge is -2.10. The number of imidazole rings is 1. The van der Waals surface area contributed by atoms with Gasteiger partial charge in [-0.25, -0.2) is 4.98 Å². The van der Waals surface area contributed by atoms with Gasteiger partial charge >= 0.3 is 0 Å². The van der Waals surface area contributed by atoms with Gasteiger partial charge in [-0.15, -0.1) is 0 Å². The Morgan fingerprint density at radius 3 is 2.25 bits per heavy atom. The Morgan fingerprint density at radius 2 is 1.60 bits per heavy atom. The summed E-state index contributed by atoms with van der Waals surface area (Å²) in [6.45, 7) is 0. The van der Waals surface area contributed by atoms with Gasteiger partial charge in [0.05, 0.1) is 10.7 Å². The summed E-state index contributed by atoms with van der Waals surface area (Å²) in [4.78, 5) is 4.52. The monoisotopic (exact) mass is 344 g/mol. The Hall–Kier alpha value is -0.930. The summed E-state index contributed by atoms with van der Waals surface area (Å²) in [5.74, 6) is 0. The van der Waals surface area contributed by atoms with Crippen LogP contribution in [0.25, 0.3) is 16.9 Å². The summed E-state index contributed by atoms with van der Waals surface area (Å²) in [5, 5.41) is 0.660. The van der Waals surface area contributed by atoms with Crippen molar-refractivity contribution in [1.82, 2.24) is 9.38 Å². The smallest absolute Gasteiger partial charge is 0.216 e. The van der Waals surface area contributed by atoms with Crippen molar-refractivity contribution in [3.8, 4) is 11.3 Å². The SMILES string of the molecule is Clc1ccc2nc(-c3ccc(C(Cl)(Cl)Cl)cc3)cn2c1. The maximum atomic E-state index is 5.95. The Bertz CT molecular complexity index is 757. The molecule has 1 aromatic carbocycles. The number of pyridine rings is 1. The molecule has 0 unspecified atom stereocenters. The molecule has 2 heterocycles. The highest BCUT2D eigenvalue weighted by molar-refractivity contribution is 6.66. The van der Waals surface area contributed by atoms with Crippen LogP contribution in [0.5, 0.6) is 0 Å². The zero-order valence-electron chi connectivity index (χ0n) is 10.0. The van der Waals surface area contributed by atoms with Crippen molar-refractivity contribution in [3.05, 3.63) is 59.4 Å². The quantitative estimate of drug-likeness (QED) is 0.533. The zero-order chi connectivity index (χ0) is 14.3. The van der Waals surface area contributed by atoms with E-state index in [0.29, 0.717) is 10.6 Å². The number of hydrogen-bond acceptors (Lipinski definition) is 1. The van der Waals surface area contributed by atoms with Gasteiger partial charge in [0.1, 0.15) is 5.65 Å². The molecule has 3 aromatic rings. The lowest BCUT2D eigenvalue weighted by molar-refractivity contribution is 1.19. The number of rotatable bonds is 1. The molecule has 0 atom stereocenters. The predicted molar refractivity (Wildman–Crippen MR) is 84.9 cm³/mol. The van der Waals surface area contributed by atoms with Crippen LogP contribution >= 0.6 is 46.4 Å². The summed E-state index contributed by atoms with van der Waals surface area (Å²) < 4.78 is 0.464. The summed E-state index contributed by atoms with van der Waals surface area (Å²) >= 11 is 23.5. The molecule has 20 heavy (non-hydrogen) atoms. The number of nitrogens with zero attached hydrogens (tertiary/aromatic N) is 2. The molecule has 2 nitrogen and oxygen atoms in total. The van der Waals surface area contributed by atoms with Crippen molar-refractivity contribution >= 4 is 52.1 Å². The van der Waals surface area contributed by atoms with Crippen LogP contribution in [0, 0.1) is 0 Å². The molecule has 0 fully saturated rings. The van der Waals surface area contributed by atoms with Gasteiger partial charge in [0.25, 0.3) is 0 Å². The molecule has 0 aliphatic carbocycles. The van der Waals surface area contributed by atoms with Crippen LogP contribution in [0.3, 0.4) is 0 Å². The van der Waals surface area contributed by atoms with E-state index >= 15 is 0 Å². The minimum atomic E-state index is -1.41. The Morgan fingerprint density at radius 1 is 0.900 bits per heavy atom. The maximum absolute atomic E-state index is 5.95. The first-order valence-corrected chi connectivity index (χ1v) is 7.26. The molecule has 102 valence electrons. The third-order valence-corrected chi connectivity index (χ3v) is 3.80. The van der Waals surface area contributed by atoms with Gasteiger partial charge < -0.3 is 4.40 Å². The second-order valence-corrected chi connectivity index (χ2v) is 7.03. The highest BCUT2D eigenvalue weighted by Crippen LogP contribution is 2.38. The molecule has 3 rings (SSSR count). The number of hydrogen-bond donors (Lipinski definition) is 0.